The van der Waals surface area contributed by atoms with Gasteiger partial charge < -0.3 is 15.1 Å². The van der Waals surface area contributed by atoms with Crippen LogP contribution in [0.5, 0.6) is 0 Å². The van der Waals surface area contributed by atoms with Crippen LogP contribution in [0.1, 0.15) is 24.3 Å². The maximum atomic E-state index is 12.7. The highest BCUT2D eigenvalue weighted by atomic mass is 19.4. The molecule has 8 heteroatoms. The Balaban J connectivity index is 1.60. The third-order valence-electron chi connectivity index (χ3n) is 4.71. The van der Waals surface area contributed by atoms with Crippen LogP contribution in [0.2, 0.25) is 0 Å². The molecule has 1 aromatic heterocycles. The molecule has 5 nitrogen and oxygen atoms in total. The molecule has 140 valence electrons. The van der Waals surface area contributed by atoms with Crippen LogP contribution in [-0.2, 0) is 11.7 Å². The molecule has 0 saturated heterocycles. The molecule has 1 heterocycles. The van der Waals surface area contributed by atoms with Crippen LogP contribution in [0, 0.1) is 0 Å². The van der Waals surface area contributed by atoms with Gasteiger partial charge in [-0.1, -0.05) is 12.1 Å². The monoisotopic (exact) mass is 374 g/mol. The lowest BCUT2D eigenvalue weighted by molar-refractivity contribution is -0.137. The second-order valence-corrected chi connectivity index (χ2v) is 6.49. The molecule has 0 amide bonds. The van der Waals surface area contributed by atoms with Crippen LogP contribution in [0.3, 0.4) is 0 Å². The van der Waals surface area contributed by atoms with Gasteiger partial charge in [0.15, 0.2) is 0 Å². The highest BCUT2D eigenvalue weighted by Crippen LogP contribution is 2.45. The topological polar surface area (TPSA) is 63.0 Å². The molecule has 0 atom stereocenters. The summed E-state index contributed by atoms with van der Waals surface area (Å²) in [6, 6.07) is 12.1. The lowest BCUT2D eigenvalue weighted by Gasteiger charge is -2.12. The summed E-state index contributed by atoms with van der Waals surface area (Å²) in [5.41, 5.74) is 0.958. The van der Waals surface area contributed by atoms with E-state index in [1.807, 2.05) is 31.3 Å². The van der Waals surface area contributed by atoms with E-state index in [0.29, 0.717) is 28.7 Å². The lowest BCUT2D eigenvalue weighted by Crippen LogP contribution is -2.24. The number of rotatable bonds is 5. The number of aromatic nitrogens is 2. The summed E-state index contributed by atoms with van der Waals surface area (Å²) in [5.74, 6) is 0.908. The Kier molecular flexibility index (Phi) is 4.15. The van der Waals surface area contributed by atoms with Gasteiger partial charge in [0.25, 0.3) is 0 Å². The summed E-state index contributed by atoms with van der Waals surface area (Å²) in [4.78, 5) is 0. The van der Waals surface area contributed by atoms with Gasteiger partial charge in [-0.05, 0) is 56.3 Å². The highest BCUT2D eigenvalue weighted by Gasteiger charge is 2.48. The Hall–Kier alpha value is -2.87. The fraction of sp³-hybridized carbons (Fsp3) is 0.263. The molecule has 0 unspecified atom stereocenters. The first-order valence-corrected chi connectivity index (χ1v) is 8.48. The summed E-state index contributed by atoms with van der Waals surface area (Å²) < 4.78 is 44.0. The molecule has 1 aliphatic rings. The number of hydrogen-bond donors (Lipinski definition) is 2. The molecule has 27 heavy (non-hydrogen) atoms. The number of nitrogens with zero attached hydrogens (tertiary/aromatic N) is 2. The molecule has 4 rings (SSSR count). The van der Waals surface area contributed by atoms with E-state index in [-0.39, 0.29) is 5.54 Å². The smallest absolute Gasteiger partial charge is 0.416 e. The first kappa shape index (κ1) is 17.5. The summed E-state index contributed by atoms with van der Waals surface area (Å²) >= 11 is 0. The molecular formula is C19H17F3N4O. The lowest BCUT2D eigenvalue weighted by atomic mass is 10.1. The predicted molar refractivity (Wildman–Crippen MR) is 94.4 cm³/mol. The summed E-state index contributed by atoms with van der Waals surface area (Å²) in [6.45, 7) is 0. The Morgan fingerprint density at radius 1 is 1.00 bits per heavy atom. The number of nitrogens with one attached hydrogen (secondary N) is 2. The molecule has 1 aliphatic carbocycles. The summed E-state index contributed by atoms with van der Waals surface area (Å²) in [6.07, 6.45) is -2.48. The third-order valence-corrected chi connectivity index (χ3v) is 4.71. The minimum absolute atomic E-state index is 0.235. The zero-order valence-corrected chi connectivity index (χ0v) is 14.5. The van der Waals surface area contributed by atoms with E-state index in [2.05, 4.69) is 20.8 Å². The van der Waals surface area contributed by atoms with E-state index in [1.54, 1.807) is 0 Å². The molecule has 0 aliphatic heterocycles. The number of alkyl halides is 3. The Morgan fingerprint density at radius 3 is 2.33 bits per heavy atom. The molecule has 1 saturated carbocycles. The molecule has 0 bridgehead atoms. The summed E-state index contributed by atoms with van der Waals surface area (Å²) in [5, 5.41) is 14.6. The van der Waals surface area contributed by atoms with Crippen LogP contribution in [0.25, 0.3) is 11.5 Å². The van der Waals surface area contributed by atoms with E-state index < -0.39 is 11.7 Å². The standard InChI is InChI=1S/C19H17F3N4O/c1-23-18(10-11-18)17-26-25-16(27-17)14-4-2-3-5-15(14)24-13-8-6-12(7-9-13)19(20,21)22/h2-9,23-24H,10-11H2,1H3. The van der Waals surface area contributed by atoms with Crippen LogP contribution in [0.4, 0.5) is 24.5 Å². The first-order valence-electron chi connectivity index (χ1n) is 8.48. The average molecular weight is 374 g/mol. The van der Waals surface area contributed by atoms with E-state index >= 15 is 0 Å². The van der Waals surface area contributed by atoms with Crippen LogP contribution < -0.4 is 10.6 Å². The molecule has 3 aromatic rings. The van der Waals surface area contributed by atoms with E-state index in [9.17, 15) is 13.2 Å². The zero-order chi connectivity index (χ0) is 19.1. The summed E-state index contributed by atoms with van der Waals surface area (Å²) in [7, 11) is 1.86. The molecule has 2 N–H and O–H groups in total. The van der Waals surface area contributed by atoms with E-state index in [1.165, 1.54) is 12.1 Å². The molecule has 0 radical (unpaired) electrons. The van der Waals surface area contributed by atoms with Gasteiger partial charge in [0.1, 0.15) is 0 Å². The minimum atomic E-state index is -4.36. The second-order valence-electron chi connectivity index (χ2n) is 6.49. The van der Waals surface area contributed by atoms with Gasteiger partial charge >= 0.3 is 6.18 Å². The molecule has 1 fully saturated rings. The normalized spacial score (nSPS) is 15.6. The van der Waals surface area contributed by atoms with Crippen molar-refractivity contribution in [2.75, 3.05) is 12.4 Å². The first-order chi connectivity index (χ1) is 12.9. The number of benzene rings is 2. The van der Waals surface area contributed by atoms with Gasteiger partial charge in [0, 0.05) is 5.69 Å². The van der Waals surface area contributed by atoms with E-state index in [0.717, 1.165) is 25.0 Å². The van der Waals surface area contributed by atoms with Gasteiger partial charge in [0.2, 0.25) is 11.8 Å². The Bertz CT molecular complexity index is 946. The molecule has 2 aromatic carbocycles. The third kappa shape index (κ3) is 3.40. The maximum absolute atomic E-state index is 12.7. The van der Waals surface area contributed by atoms with Crippen molar-refractivity contribution in [2.24, 2.45) is 0 Å². The predicted octanol–water partition coefficient (Wildman–Crippen LogP) is 4.71. The maximum Gasteiger partial charge on any atom is 0.416 e. The number of anilines is 2. The van der Waals surface area contributed by atoms with Crippen molar-refractivity contribution in [1.82, 2.24) is 15.5 Å². The van der Waals surface area contributed by atoms with Crippen molar-refractivity contribution in [2.45, 2.75) is 24.6 Å². The SMILES string of the molecule is CNC1(c2nnc(-c3ccccc3Nc3ccc(C(F)(F)F)cc3)o2)CC1. The molecule has 0 spiro atoms. The van der Waals surface area contributed by atoms with Crippen molar-refractivity contribution in [3.63, 3.8) is 0 Å². The van der Waals surface area contributed by atoms with Gasteiger partial charge in [-0.3, -0.25) is 0 Å². The fourth-order valence-corrected chi connectivity index (χ4v) is 2.90. The zero-order valence-electron chi connectivity index (χ0n) is 14.5. The van der Waals surface area contributed by atoms with Gasteiger partial charge in [-0.25, -0.2) is 0 Å². The second kappa shape index (κ2) is 6.38. The average Bonchev–Trinajstić information content (AvgIpc) is 3.30. The van der Waals surface area contributed by atoms with Crippen molar-refractivity contribution < 1.29 is 17.6 Å². The Morgan fingerprint density at radius 2 is 1.70 bits per heavy atom. The van der Waals surface area contributed by atoms with Gasteiger partial charge in [-0.2, -0.15) is 13.2 Å². The van der Waals surface area contributed by atoms with Crippen molar-refractivity contribution in [3.8, 4) is 11.5 Å². The Labute approximate surface area is 153 Å². The highest BCUT2D eigenvalue weighted by molar-refractivity contribution is 5.76. The number of para-hydroxylation sites is 1. The van der Waals surface area contributed by atoms with Crippen LogP contribution >= 0.6 is 0 Å². The molecular weight excluding hydrogens is 357 g/mol. The number of hydrogen-bond acceptors (Lipinski definition) is 5. The van der Waals surface area contributed by atoms with Crippen molar-refractivity contribution in [3.05, 3.63) is 60.0 Å². The van der Waals surface area contributed by atoms with Gasteiger partial charge in [-0.15, -0.1) is 10.2 Å². The van der Waals surface area contributed by atoms with E-state index in [4.69, 9.17) is 4.42 Å². The number of halogens is 3. The largest absolute Gasteiger partial charge is 0.419 e. The fourth-order valence-electron chi connectivity index (χ4n) is 2.90. The van der Waals surface area contributed by atoms with Crippen molar-refractivity contribution in [1.29, 1.82) is 0 Å². The van der Waals surface area contributed by atoms with Crippen LogP contribution in [-0.4, -0.2) is 17.2 Å². The van der Waals surface area contributed by atoms with Gasteiger partial charge in [0.05, 0.1) is 22.4 Å². The quantitative estimate of drug-likeness (QED) is 0.677. The minimum Gasteiger partial charge on any atom is -0.419 e. The van der Waals surface area contributed by atoms with Crippen LogP contribution in [0.15, 0.2) is 52.9 Å². The van der Waals surface area contributed by atoms with Crippen molar-refractivity contribution >= 4 is 11.4 Å².